The van der Waals surface area contributed by atoms with Gasteiger partial charge in [-0.05, 0) is 6.07 Å². The Balaban J connectivity index is 2.48. The van der Waals surface area contributed by atoms with Crippen molar-refractivity contribution >= 4 is 17.5 Å². The molecule has 1 heterocycles. The quantitative estimate of drug-likeness (QED) is 0.742. The maximum atomic E-state index is 11.9. The number of likely N-dealkylation sites (N-methyl/N-ethyl adjacent to an activating group) is 1. The molecule has 0 fully saturated rings. The minimum absolute atomic E-state index is 0.156. The second-order valence-corrected chi connectivity index (χ2v) is 3.90. The van der Waals surface area contributed by atoms with Crippen LogP contribution in [-0.2, 0) is 4.79 Å². The molecule has 4 N–H and O–H groups in total. The number of aromatic nitrogens is 1. The van der Waals surface area contributed by atoms with Crippen LogP contribution < -0.4 is 11.1 Å². The van der Waals surface area contributed by atoms with Crippen molar-refractivity contribution in [2.45, 2.75) is 6.18 Å². The van der Waals surface area contributed by atoms with Crippen molar-refractivity contribution in [3.8, 4) is 0 Å². The van der Waals surface area contributed by atoms with Crippen molar-refractivity contribution in [2.75, 3.05) is 25.9 Å². The van der Waals surface area contributed by atoms with E-state index in [0.29, 0.717) is 5.69 Å². The summed E-state index contributed by atoms with van der Waals surface area (Å²) in [4.78, 5) is 26.5. The second-order valence-electron chi connectivity index (χ2n) is 3.90. The van der Waals surface area contributed by atoms with Crippen molar-refractivity contribution in [3.05, 3.63) is 18.0 Å². The van der Waals surface area contributed by atoms with Gasteiger partial charge in [-0.2, -0.15) is 13.2 Å². The summed E-state index contributed by atoms with van der Waals surface area (Å²) in [5.41, 5.74) is 5.91. The molecule has 0 radical (unpaired) electrons. The summed E-state index contributed by atoms with van der Waals surface area (Å²) in [6.45, 7) is -1.91. The summed E-state index contributed by atoms with van der Waals surface area (Å²) in [7, 11) is 1.30. The van der Waals surface area contributed by atoms with Gasteiger partial charge < -0.3 is 20.9 Å². The molecule has 0 aliphatic heterocycles. The number of nitrogens with one attached hydrogen (secondary N) is 2. The number of nitrogen functional groups attached to an aromatic ring is 1. The summed E-state index contributed by atoms with van der Waals surface area (Å²) in [5.74, 6) is -1.44. The Bertz CT molecular complexity index is 470. The maximum Gasteiger partial charge on any atom is 0.405 e. The summed E-state index contributed by atoms with van der Waals surface area (Å²) in [6, 6.07) is 1.37. The third-order valence-electron chi connectivity index (χ3n) is 2.15. The van der Waals surface area contributed by atoms with Gasteiger partial charge in [-0.25, -0.2) is 0 Å². The zero-order valence-electron chi connectivity index (χ0n) is 10.0. The maximum absolute atomic E-state index is 11.9. The topological polar surface area (TPSA) is 91.2 Å². The number of carbonyl (C=O) groups excluding carboxylic acids is 2. The monoisotopic (exact) mass is 278 g/mol. The van der Waals surface area contributed by atoms with Gasteiger partial charge in [0.1, 0.15) is 12.2 Å². The SMILES string of the molecule is CN(CC(=O)NCC(F)(F)F)C(=O)c1cc(N)c[nH]1. The number of halogens is 3. The molecule has 19 heavy (non-hydrogen) atoms. The van der Waals surface area contributed by atoms with Crippen LogP contribution in [0.4, 0.5) is 18.9 Å². The van der Waals surface area contributed by atoms with E-state index in [1.807, 2.05) is 0 Å². The molecular formula is C10H13F3N4O2. The number of nitrogens with two attached hydrogens (primary N) is 1. The lowest BCUT2D eigenvalue weighted by Crippen LogP contribution is -2.41. The van der Waals surface area contributed by atoms with Crippen LogP contribution >= 0.6 is 0 Å². The van der Waals surface area contributed by atoms with Crippen LogP contribution in [0, 0.1) is 0 Å². The summed E-state index contributed by atoms with van der Waals surface area (Å²) < 4.78 is 35.6. The molecule has 1 rings (SSSR count). The van der Waals surface area contributed by atoms with Crippen molar-refractivity contribution in [3.63, 3.8) is 0 Å². The van der Waals surface area contributed by atoms with Crippen LogP contribution in [0.5, 0.6) is 0 Å². The number of hydrogen-bond donors (Lipinski definition) is 3. The number of carbonyl (C=O) groups is 2. The van der Waals surface area contributed by atoms with Gasteiger partial charge in [0.25, 0.3) is 5.91 Å². The van der Waals surface area contributed by atoms with E-state index in [-0.39, 0.29) is 5.69 Å². The molecule has 2 amide bonds. The molecule has 0 aliphatic rings. The van der Waals surface area contributed by atoms with Gasteiger partial charge in [0, 0.05) is 18.9 Å². The predicted molar refractivity (Wildman–Crippen MR) is 61.2 cm³/mol. The lowest BCUT2D eigenvalue weighted by molar-refractivity contribution is -0.138. The highest BCUT2D eigenvalue weighted by molar-refractivity contribution is 5.95. The summed E-state index contributed by atoms with van der Waals surface area (Å²) in [6.07, 6.45) is -3.09. The second kappa shape index (κ2) is 5.63. The van der Waals surface area contributed by atoms with Crippen LogP contribution in [0.1, 0.15) is 10.5 Å². The standard InChI is InChI=1S/C10H13F3N4O2/c1-17(4-8(18)16-5-10(11,12)13)9(19)7-2-6(14)3-15-7/h2-3,15H,4-5,14H2,1H3,(H,16,18). The molecule has 0 bridgehead atoms. The number of hydrogen-bond acceptors (Lipinski definition) is 3. The molecule has 106 valence electrons. The largest absolute Gasteiger partial charge is 0.405 e. The smallest absolute Gasteiger partial charge is 0.397 e. The molecule has 0 saturated heterocycles. The first-order chi connectivity index (χ1) is 8.69. The van der Waals surface area contributed by atoms with E-state index in [2.05, 4.69) is 4.98 Å². The molecule has 0 saturated carbocycles. The zero-order valence-corrected chi connectivity index (χ0v) is 10.0. The predicted octanol–water partition coefficient (Wildman–Crippen LogP) is 0.347. The molecule has 1 aromatic rings. The van der Waals surface area contributed by atoms with Crippen molar-refractivity contribution in [1.82, 2.24) is 15.2 Å². The van der Waals surface area contributed by atoms with Crippen molar-refractivity contribution in [2.24, 2.45) is 0 Å². The molecule has 1 aromatic heterocycles. The third kappa shape index (κ3) is 4.90. The van der Waals surface area contributed by atoms with Gasteiger partial charge in [0.15, 0.2) is 0 Å². The van der Waals surface area contributed by atoms with Gasteiger partial charge >= 0.3 is 6.18 Å². The van der Waals surface area contributed by atoms with Gasteiger partial charge in [-0.15, -0.1) is 0 Å². The first-order valence-corrected chi connectivity index (χ1v) is 5.22. The summed E-state index contributed by atoms with van der Waals surface area (Å²) >= 11 is 0. The number of anilines is 1. The van der Waals surface area contributed by atoms with Crippen LogP contribution in [0.25, 0.3) is 0 Å². The molecule has 9 heteroatoms. The van der Waals surface area contributed by atoms with Gasteiger partial charge in [0.05, 0.1) is 6.54 Å². The average molecular weight is 278 g/mol. The fraction of sp³-hybridized carbons (Fsp3) is 0.400. The van der Waals surface area contributed by atoms with E-state index in [1.54, 1.807) is 5.32 Å². The van der Waals surface area contributed by atoms with Gasteiger partial charge in [-0.3, -0.25) is 9.59 Å². The van der Waals surface area contributed by atoms with E-state index >= 15 is 0 Å². The number of alkyl halides is 3. The number of nitrogens with zero attached hydrogens (tertiary/aromatic N) is 1. The average Bonchev–Trinajstić information content (AvgIpc) is 2.71. The number of aromatic amines is 1. The van der Waals surface area contributed by atoms with Crippen LogP contribution in [0.2, 0.25) is 0 Å². The first kappa shape index (κ1) is 14.9. The van der Waals surface area contributed by atoms with Crippen LogP contribution in [-0.4, -0.2) is 48.0 Å². The highest BCUT2D eigenvalue weighted by atomic mass is 19.4. The molecule has 0 aliphatic carbocycles. The Morgan fingerprint density at radius 1 is 1.47 bits per heavy atom. The van der Waals surface area contributed by atoms with Gasteiger partial charge in [0.2, 0.25) is 5.91 Å². The van der Waals surface area contributed by atoms with E-state index in [4.69, 9.17) is 5.73 Å². The van der Waals surface area contributed by atoms with Crippen molar-refractivity contribution in [1.29, 1.82) is 0 Å². The molecular weight excluding hydrogens is 265 g/mol. The summed E-state index contributed by atoms with van der Waals surface area (Å²) in [5, 5.41) is 1.67. The third-order valence-corrected chi connectivity index (χ3v) is 2.15. The Morgan fingerprint density at radius 3 is 2.58 bits per heavy atom. The number of amides is 2. The van der Waals surface area contributed by atoms with Crippen molar-refractivity contribution < 1.29 is 22.8 Å². The fourth-order valence-corrected chi connectivity index (χ4v) is 1.28. The minimum atomic E-state index is -4.48. The number of rotatable bonds is 4. The number of H-pyrrole nitrogens is 1. The Kier molecular flexibility index (Phi) is 4.41. The molecule has 0 spiro atoms. The van der Waals surface area contributed by atoms with E-state index in [0.717, 1.165) is 4.90 Å². The highest BCUT2D eigenvalue weighted by Gasteiger charge is 2.28. The molecule has 0 aromatic carbocycles. The van der Waals surface area contributed by atoms with E-state index in [1.165, 1.54) is 19.3 Å². The first-order valence-electron chi connectivity index (χ1n) is 5.22. The lowest BCUT2D eigenvalue weighted by Gasteiger charge is -2.16. The van der Waals surface area contributed by atoms with Crippen LogP contribution in [0.15, 0.2) is 12.3 Å². The Hall–Kier alpha value is -2.19. The molecule has 0 atom stereocenters. The van der Waals surface area contributed by atoms with Crippen LogP contribution in [0.3, 0.4) is 0 Å². The van der Waals surface area contributed by atoms with Gasteiger partial charge in [-0.1, -0.05) is 0 Å². The van der Waals surface area contributed by atoms with E-state index in [9.17, 15) is 22.8 Å². The molecule has 6 nitrogen and oxygen atoms in total. The highest BCUT2D eigenvalue weighted by Crippen LogP contribution is 2.12. The zero-order chi connectivity index (χ0) is 14.6. The fourth-order valence-electron chi connectivity index (χ4n) is 1.28. The molecule has 0 unspecified atom stereocenters. The Labute approximate surface area is 106 Å². The lowest BCUT2D eigenvalue weighted by atomic mass is 10.3. The van der Waals surface area contributed by atoms with E-state index < -0.39 is 31.1 Å². The minimum Gasteiger partial charge on any atom is -0.397 e. The Morgan fingerprint density at radius 2 is 2.11 bits per heavy atom. The normalized spacial score (nSPS) is 11.2.